The average molecular weight is 214 g/mol. The standard InChI is InChI=1S/C11H22N2O2/c1-8-6-9(7-12(8)4)13(5)11(2,3)10(14)15/h8-9H,6-7H2,1-5H3,(H,14,15). The zero-order valence-corrected chi connectivity index (χ0v) is 10.3. The molecule has 1 fully saturated rings. The smallest absolute Gasteiger partial charge is 0.323 e. The molecule has 15 heavy (non-hydrogen) atoms. The van der Waals surface area contributed by atoms with Crippen LogP contribution in [0.3, 0.4) is 0 Å². The molecule has 0 aromatic carbocycles. The minimum atomic E-state index is -0.782. The van der Waals surface area contributed by atoms with Crippen LogP contribution in [0.4, 0.5) is 0 Å². The second-order valence-electron chi connectivity index (χ2n) is 5.15. The number of rotatable bonds is 3. The molecule has 1 aliphatic rings. The summed E-state index contributed by atoms with van der Waals surface area (Å²) in [6.45, 7) is 6.66. The predicted octanol–water partition coefficient (Wildman–Crippen LogP) is 0.874. The summed E-state index contributed by atoms with van der Waals surface area (Å²) in [5.74, 6) is -0.757. The van der Waals surface area contributed by atoms with E-state index >= 15 is 0 Å². The Morgan fingerprint density at radius 2 is 2.07 bits per heavy atom. The molecule has 1 N–H and O–H groups in total. The van der Waals surface area contributed by atoms with Crippen LogP contribution in [0.25, 0.3) is 0 Å². The number of carboxylic acid groups (broad SMARTS) is 1. The SMILES string of the molecule is CC1CC(N(C)C(C)(C)C(=O)O)CN1C. The summed E-state index contributed by atoms with van der Waals surface area (Å²) in [6.07, 6.45) is 1.05. The Balaban J connectivity index is 2.70. The second-order valence-corrected chi connectivity index (χ2v) is 5.15. The summed E-state index contributed by atoms with van der Waals surface area (Å²) in [6, 6.07) is 0.887. The van der Waals surface area contributed by atoms with Gasteiger partial charge in [-0.2, -0.15) is 0 Å². The second kappa shape index (κ2) is 4.10. The molecule has 1 aliphatic heterocycles. The van der Waals surface area contributed by atoms with Gasteiger partial charge in [-0.3, -0.25) is 9.69 Å². The van der Waals surface area contributed by atoms with Crippen LogP contribution in [0.1, 0.15) is 27.2 Å². The van der Waals surface area contributed by atoms with Crippen LogP contribution in [-0.4, -0.2) is 59.1 Å². The van der Waals surface area contributed by atoms with Gasteiger partial charge in [0, 0.05) is 18.6 Å². The van der Waals surface area contributed by atoms with E-state index in [1.165, 1.54) is 0 Å². The largest absolute Gasteiger partial charge is 0.480 e. The normalized spacial score (nSPS) is 28.7. The number of carboxylic acids is 1. The quantitative estimate of drug-likeness (QED) is 0.757. The molecule has 2 unspecified atom stereocenters. The molecule has 88 valence electrons. The summed E-state index contributed by atoms with van der Waals surface area (Å²) < 4.78 is 0. The lowest BCUT2D eigenvalue weighted by Crippen LogP contribution is -2.53. The summed E-state index contributed by atoms with van der Waals surface area (Å²) >= 11 is 0. The Hall–Kier alpha value is -0.610. The van der Waals surface area contributed by atoms with Gasteiger partial charge in [-0.15, -0.1) is 0 Å². The van der Waals surface area contributed by atoms with Gasteiger partial charge in [0.25, 0.3) is 0 Å². The van der Waals surface area contributed by atoms with Crippen molar-refractivity contribution in [1.29, 1.82) is 0 Å². The van der Waals surface area contributed by atoms with E-state index in [0.29, 0.717) is 12.1 Å². The third kappa shape index (κ3) is 2.32. The molecule has 0 spiro atoms. The van der Waals surface area contributed by atoms with Crippen molar-refractivity contribution in [2.45, 2.75) is 44.8 Å². The lowest BCUT2D eigenvalue weighted by molar-refractivity contribution is -0.149. The molecule has 1 heterocycles. The number of likely N-dealkylation sites (tertiary alicyclic amines) is 1. The van der Waals surface area contributed by atoms with Gasteiger partial charge in [0.2, 0.25) is 0 Å². The molecule has 0 aliphatic carbocycles. The Morgan fingerprint density at radius 1 is 1.53 bits per heavy atom. The van der Waals surface area contributed by atoms with Gasteiger partial charge >= 0.3 is 5.97 Å². The minimum Gasteiger partial charge on any atom is -0.480 e. The first-order valence-electron chi connectivity index (χ1n) is 5.43. The summed E-state index contributed by atoms with van der Waals surface area (Å²) in [4.78, 5) is 15.4. The Labute approximate surface area is 91.9 Å². The predicted molar refractivity (Wildman–Crippen MR) is 60.0 cm³/mol. The van der Waals surface area contributed by atoms with Crippen LogP contribution in [0.15, 0.2) is 0 Å². The summed E-state index contributed by atoms with van der Waals surface area (Å²) in [5, 5.41) is 9.15. The minimum absolute atomic E-state index is 0.344. The number of hydrogen-bond acceptors (Lipinski definition) is 3. The highest BCUT2D eigenvalue weighted by molar-refractivity contribution is 5.77. The molecular weight excluding hydrogens is 192 g/mol. The number of hydrogen-bond donors (Lipinski definition) is 1. The van der Waals surface area contributed by atoms with Crippen molar-refractivity contribution in [3.63, 3.8) is 0 Å². The van der Waals surface area contributed by atoms with Gasteiger partial charge in [-0.25, -0.2) is 0 Å². The van der Waals surface area contributed by atoms with Gasteiger partial charge in [0.05, 0.1) is 0 Å². The maximum Gasteiger partial charge on any atom is 0.323 e. The van der Waals surface area contributed by atoms with E-state index in [9.17, 15) is 4.79 Å². The highest BCUT2D eigenvalue weighted by Crippen LogP contribution is 2.25. The van der Waals surface area contributed by atoms with Gasteiger partial charge in [0.15, 0.2) is 0 Å². The van der Waals surface area contributed by atoms with Crippen molar-refractivity contribution in [3.8, 4) is 0 Å². The van der Waals surface area contributed by atoms with Crippen molar-refractivity contribution in [3.05, 3.63) is 0 Å². The first kappa shape index (κ1) is 12.5. The molecule has 0 aromatic rings. The lowest BCUT2D eigenvalue weighted by Gasteiger charge is -2.36. The van der Waals surface area contributed by atoms with Crippen LogP contribution >= 0.6 is 0 Å². The molecule has 0 amide bonds. The fourth-order valence-corrected chi connectivity index (χ4v) is 2.05. The van der Waals surface area contributed by atoms with E-state index in [1.54, 1.807) is 13.8 Å². The number of nitrogens with zero attached hydrogens (tertiary/aromatic N) is 2. The molecule has 4 heteroatoms. The van der Waals surface area contributed by atoms with Crippen LogP contribution in [-0.2, 0) is 4.79 Å². The summed E-state index contributed by atoms with van der Waals surface area (Å²) in [5.41, 5.74) is -0.782. The Kier molecular flexibility index (Phi) is 3.41. The van der Waals surface area contributed by atoms with Crippen molar-refractivity contribution in [1.82, 2.24) is 9.80 Å². The van der Waals surface area contributed by atoms with E-state index in [2.05, 4.69) is 18.9 Å². The Bertz CT molecular complexity index is 243. The molecule has 1 saturated heterocycles. The van der Waals surface area contributed by atoms with E-state index < -0.39 is 11.5 Å². The topological polar surface area (TPSA) is 43.8 Å². The maximum absolute atomic E-state index is 11.1. The third-order valence-electron chi connectivity index (χ3n) is 3.82. The maximum atomic E-state index is 11.1. The van der Waals surface area contributed by atoms with Crippen LogP contribution < -0.4 is 0 Å². The zero-order valence-electron chi connectivity index (χ0n) is 10.3. The molecular formula is C11H22N2O2. The van der Waals surface area contributed by atoms with Crippen molar-refractivity contribution >= 4 is 5.97 Å². The highest BCUT2D eigenvalue weighted by atomic mass is 16.4. The fraction of sp³-hybridized carbons (Fsp3) is 0.909. The van der Waals surface area contributed by atoms with Gasteiger partial charge in [-0.1, -0.05) is 0 Å². The first-order valence-corrected chi connectivity index (χ1v) is 5.43. The average Bonchev–Trinajstić information content (AvgIpc) is 2.45. The molecule has 0 radical (unpaired) electrons. The van der Waals surface area contributed by atoms with Crippen LogP contribution in [0.5, 0.6) is 0 Å². The number of carbonyl (C=O) groups is 1. The molecule has 2 atom stereocenters. The Morgan fingerprint density at radius 3 is 2.40 bits per heavy atom. The van der Waals surface area contributed by atoms with E-state index in [1.807, 2.05) is 11.9 Å². The van der Waals surface area contributed by atoms with Crippen molar-refractivity contribution in [2.24, 2.45) is 0 Å². The summed E-state index contributed by atoms with van der Waals surface area (Å²) in [7, 11) is 4.00. The van der Waals surface area contributed by atoms with E-state index in [-0.39, 0.29) is 0 Å². The van der Waals surface area contributed by atoms with Gasteiger partial charge < -0.3 is 10.0 Å². The van der Waals surface area contributed by atoms with E-state index in [4.69, 9.17) is 5.11 Å². The lowest BCUT2D eigenvalue weighted by atomic mass is 10.0. The highest BCUT2D eigenvalue weighted by Gasteiger charge is 2.39. The van der Waals surface area contributed by atoms with Crippen LogP contribution in [0, 0.1) is 0 Å². The fourth-order valence-electron chi connectivity index (χ4n) is 2.05. The van der Waals surface area contributed by atoms with Crippen LogP contribution in [0.2, 0.25) is 0 Å². The first-order chi connectivity index (χ1) is 6.76. The molecule has 1 rings (SSSR count). The molecule has 0 saturated carbocycles. The van der Waals surface area contributed by atoms with Crippen molar-refractivity contribution < 1.29 is 9.90 Å². The molecule has 0 bridgehead atoms. The van der Waals surface area contributed by atoms with Gasteiger partial charge in [0.1, 0.15) is 5.54 Å². The zero-order chi connectivity index (χ0) is 11.8. The van der Waals surface area contributed by atoms with E-state index in [0.717, 1.165) is 13.0 Å². The number of likely N-dealkylation sites (N-methyl/N-ethyl adjacent to an activating group) is 2. The number of aliphatic carboxylic acids is 1. The van der Waals surface area contributed by atoms with Gasteiger partial charge in [-0.05, 0) is 41.3 Å². The molecule has 4 nitrogen and oxygen atoms in total. The monoisotopic (exact) mass is 214 g/mol. The third-order valence-corrected chi connectivity index (χ3v) is 3.82. The van der Waals surface area contributed by atoms with Crippen molar-refractivity contribution in [2.75, 3.05) is 20.6 Å². The molecule has 0 aromatic heterocycles.